The minimum absolute atomic E-state index is 0.0746. The maximum Gasteiger partial charge on any atom is 0.259 e. The summed E-state index contributed by atoms with van der Waals surface area (Å²) >= 11 is 3.18. The Labute approximate surface area is 111 Å². The topological polar surface area (TPSA) is 68.0 Å². The number of nitrogen functional groups attached to an aromatic ring is 1. The van der Waals surface area contributed by atoms with Gasteiger partial charge in [0.2, 0.25) is 0 Å². The van der Waals surface area contributed by atoms with E-state index in [1.807, 2.05) is 0 Å². The second kappa shape index (κ2) is 5.14. The molecule has 1 aromatic heterocycles. The van der Waals surface area contributed by atoms with Crippen LogP contribution in [0.4, 0.5) is 15.9 Å². The Balaban J connectivity index is 2.28. The van der Waals surface area contributed by atoms with E-state index in [2.05, 4.69) is 26.2 Å². The van der Waals surface area contributed by atoms with Crippen LogP contribution >= 0.6 is 15.9 Å². The van der Waals surface area contributed by atoms with Crippen LogP contribution in [0.1, 0.15) is 10.4 Å². The lowest BCUT2D eigenvalue weighted by Gasteiger charge is -2.07. The minimum atomic E-state index is -0.606. The molecule has 0 saturated heterocycles. The molecule has 0 spiro atoms. The Morgan fingerprint density at radius 1 is 1.39 bits per heavy atom. The van der Waals surface area contributed by atoms with Crippen molar-refractivity contribution in [1.82, 2.24) is 4.98 Å². The van der Waals surface area contributed by atoms with Crippen molar-refractivity contribution < 1.29 is 9.18 Å². The predicted molar refractivity (Wildman–Crippen MR) is 70.7 cm³/mol. The van der Waals surface area contributed by atoms with Gasteiger partial charge in [0.05, 0.1) is 11.3 Å². The third-order valence-electron chi connectivity index (χ3n) is 2.24. The molecule has 4 nitrogen and oxygen atoms in total. The number of nitrogens with two attached hydrogens (primary N) is 1. The molecule has 0 bridgehead atoms. The maximum atomic E-state index is 13.5. The number of pyridine rings is 1. The number of carbonyl (C=O) groups excluding carboxylic acids is 1. The van der Waals surface area contributed by atoms with E-state index in [0.29, 0.717) is 10.2 Å². The molecule has 0 saturated carbocycles. The van der Waals surface area contributed by atoms with E-state index < -0.39 is 11.7 Å². The van der Waals surface area contributed by atoms with Gasteiger partial charge in [0.15, 0.2) is 5.82 Å². The first-order chi connectivity index (χ1) is 8.58. The SMILES string of the molecule is Nc1cccnc1NC(=O)c1cc(Br)ccc1F. The number of hydrogen-bond donors (Lipinski definition) is 2. The number of aromatic nitrogens is 1. The van der Waals surface area contributed by atoms with Crippen molar-refractivity contribution in [3.63, 3.8) is 0 Å². The Hall–Kier alpha value is -1.95. The molecule has 3 N–H and O–H groups in total. The van der Waals surface area contributed by atoms with Crippen molar-refractivity contribution in [1.29, 1.82) is 0 Å². The van der Waals surface area contributed by atoms with Crippen molar-refractivity contribution in [2.24, 2.45) is 0 Å². The largest absolute Gasteiger partial charge is 0.396 e. The smallest absolute Gasteiger partial charge is 0.259 e. The van der Waals surface area contributed by atoms with Gasteiger partial charge in [0.1, 0.15) is 5.82 Å². The van der Waals surface area contributed by atoms with E-state index >= 15 is 0 Å². The number of halogens is 2. The van der Waals surface area contributed by atoms with Crippen molar-refractivity contribution in [3.05, 3.63) is 52.4 Å². The highest BCUT2D eigenvalue weighted by Crippen LogP contribution is 2.18. The maximum absolute atomic E-state index is 13.5. The molecule has 1 amide bonds. The summed E-state index contributed by atoms with van der Waals surface area (Å²) in [6.07, 6.45) is 1.49. The molecule has 2 aromatic rings. The molecule has 0 atom stereocenters. The summed E-state index contributed by atoms with van der Waals surface area (Å²) in [5, 5.41) is 2.46. The third kappa shape index (κ3) is 2.65. The lowest BCUT2D eigenvalue weighted by Crippen LogP contribution is -2.15. The van der Waals surface area contributed by atoms with Crippen LogP contribution in [0.5, 0.6) is 0 Å². The fourth-order valence-corrected chi connectivity index (χ4v) is 1.73. The number of benzene rings is 1. The van der Waals surface area contributed by atoms with Gasteiger partial charge in [-0.1, -0.05) is 15.9 Å². The van der Waals surface area contributed by atoms with Crippen LogP contribution < -0.4 is 11.1 Å². The summed E-state index contributed by atoms with van der Waals surface area (Å²) in [5.74, 6) is -0.994. The Morgan fingerprint density at radius 3 is 2.89 bits per heavy atom. The molecule has 0 aliphatic heterocycles. The highest BCUT2D eigenvalue weighted by molar-refractivity contribution is 9.10. The molecule has 0 unspecified atom stereocenters. The molecule has 2 rings (SSSR count). The van der Waals surface area contributed by atoms with Gasteiger partial charge in [0.25, 0.3) is 5.91 Å². The molecule has 0 radical (unpaired) electrons. The highest BCUT2D eigenvalue weighted by atomic mass is 79.9. The van der Waals surface area contributed by atoms with E-state index in [0.717, 1.165) is 0 Å². The summed E-state index contributed by atoms with van der Waals surface area (Å²) in [7, 11) is 0. The minimum Gasteiger partial charge on any atom is -0.396 e. The number of nitrogens with one attached hydrogen (secondary N) is 1. The average Bonchev–Trinajstić information content (AvgIpc) is 2.35. The summed E-state index contributed by atoms with van der Waals surface area (Å²) in [4.78, 5) is 15.8. The van der Waals surface area contributed by atoms with Gasteiger partial charge < -0.3 is 11.1 Å². The monoisotopic (exact) mass is 309 g/mol. The van der Waals surface area contributed by atoms with Gasteiger partial charge in [-0.2, -0.15) is 0 Å². The molecular formula is C12H9BrFN3O. The first kappa shape index (κ1) is 12.5. The van der Waals surface area contributed by atoms with Gasteiger partial charge in [-0.3, -0.25) is 4.79 Å². The molecule has 1 heterocycles. The third-order valence-corrected chi connectivity index (χ3v) is 2.74. The fraction of sp³-hybridized carbons (Fsp3) is 0. The molecule has 0 aliphatic carbocycles. The van der Waals surface area contributed by atoms with Gasteiger partial charge in [-0.25, -0.2) is 9.37 Å². The van der Waals surface area contributed by atoms with Crippen molar-refractivity contribution >= 4 is 33.3 Å². The first-order valence-electron chi connectivity index (χ1n) is 5.05. The van der Waals surface area contributed by atoms with Crippen molar-refractivity contribution in [2.75, 3.05) is 11.1 Å². The van der Waals surface area contributed by atoms with E-state index in [-0.39, 0.29) is 11.4 Å². The summed E-state index contributed by atoms with van der Waals surface area (Å²) in [6.45, 7) is 0. The number of hydrogen-bond acceptors (Lipinski definition) is 3. The zero-order valence-electron chi connectivity index (χ0n) is 9.15. The fourth-order valence-electron chi connectivity index (χ4n) is 1.37. The lowest BCUT2D eigenvalue weighted by atomic mass is 10.2. The number of rotatable bonds is 2. The van der Waals surface area contributed by atoms with Crippen LogP contribution in [0.25, 0.3) is 0 Å². The zero-order valence-corrected chi connectivity index (χ0v) is 10.7. The summed E-state index contributed by atoms with van der Waals surface area (Å²) < 4.78 is 14.1. The lowest BCUT2D eigenvalue weighted by molar-refractivity contribution is 0.102. The van der Waals surface area contributed by atoms with Gasteiger partial charge in [-0.05, 0) is 30.3 Å². The Kier molecular flexibility index (Phi) is 3.57. The van der Waals surface area contributed by atoms with Crippen LogP contribution in [0.2, 0.25) is 0 Å². The van der Waals surface area contributed by atoms with Crippen molar-refractivity contribution in [2.45, 2.75) is 0 Å². The van der Waals surface area contributed by atoms with Crippen LogP contribution in [0.3, 0.4) is 0 Å². The number of anilines is 2. The molecule has 6 heteroatoms. The molecule has 1 aromatic carbocycles. The molecular weight excluding hydrogens is 301 g/mol. The standard InChI is InChI=1S/C12H9BrFN3O/c13-7-3-4-9(14)8(6-7)12(18)17-11-10(15)2-1-5-16-11/h1-6H,15H2,(H,16,17,18). The van der Waals surface area contributed by atoms with Crippen LogP contribution in [0.15, 0.2) is 41.0 Å². The van der Waals surface area contributed by atoms with E-state index in [4.69, 9.17) is 5.73 Å². The van der Waals surface area contributed by atoms with Crippen LogP contribution in [-0.4, -0.2) is 10.9 Å². The highest BCUT2D eigenvalue weighted by Gasteiger charge is 2.13. The second-order valence-electron chi connectivity index (χ2n) is 3.52. The van der Waals surface area contributed by atoms with Crippen LogP contribution in [-0.2, 0) is 0 Å². The second-order valence-corrected chi connectivity index (χ2v) is 4.44. The first-order valence-corrected chi connectivity index (χ1v) is 5.84. The molecule has 18 heavy (non-hydrogen) atoms. The van der Waals surface area contributed by atoms with E-state index in [1.54, 1.807) is 12.1 Å². The predicted octanol–water partition coefficient (Wildman–Crippen LogP) is 2.82. The van der Waals surface area contributed by atoms with E-state index in [1.165, 1.54) is 24.4 Å². The Bertz CT molecular complexity index is 604. The van der Waals surface area contributed by atoms with Gasteiger partial charge in [-0.15, -0.1) is 0 Å². The summed E-state index contributed by atoms with van der Waals surface area (Å²) in [5.41, 5.74) is 5.88. The quantitative estimate of drug-likeness (QED) is 0.896. The molecule has 0 fully saturated rings. The molecule has 0 aliphatic rings. The summed E-state index contributed by atoms with van der Waals surface area (Å²) in [6, 6.07) is 7.36. The van der Waals surface area contributed by atoms with Crippen molar-refractivity contribution in [3.8, 4) is 0 Å². The number of amides is 1. The number of carbonyl (C=O) groups is 1. The number of nitrogens with zero attached hydrogens (tertiary/aromatic N) is 1. The van der Waals surface area contributed by atoms with Gasteiger partial charge >= 0.3 is 0 Å². The molecule has 92 valence electrons. The average molecular weight is 310 g/mol. The van der Waals surface area contributed by atoms with Gasteiger partial charge in [0, 0.05) is 10.7 Å². The van der Waals surface area contributed by atoms with Crippen LogP contribution in [0, 0.1) is 5.82 Å². The van der Waals surface area contributed by atoms with E-state index in [9.17, 15) is 9.18 Å². The zero-order chi connectivity index (χ0) is 13.1. The normalized spacial score (nSPS) is 10.1. The Morgan fingerprint density at radius 2 is 2.17 bits per heavy atom.